The maximum Gasteiger partial charge on any atom is 0.255 e. The van der Waals surface area contributed by atoms with Gasteiger partial charge in [0.2, 0.25) is 5.91 Å². The van der Waals surface area contributed by atoms with E-state index in [2.05, 4.69) is 42.2 Å². The number of carbonyl (C=O) groups is 2. The zero-order valence-corrected chi connectivity index (χ0v) is 23.1. The highest BCUT2D eigenvalue weighted by atomic mass is 79.9. The van der Waals surface area contributed by atoms with Gasteiger partial charge in [-0.25, -0.2) is 9.07 Å². The number of carbonyl (C=O) groups excluding carboxylic acids is 2. The van der Waals surface area contributed by atoms with Crippen LogP contribution in [0.4, 0.5) is 4.39 Å². The van der Waals surface area contributed by atoms with Crippen LogP contribution in [0.5, 0.6) is 0 Å². The molecule has 190 valence electrons. The standard InChI is InChI=1S/C26H23Br2FN6O2/c1-17(18-4-7-24(29)23(28)12-18)35-15-19(30-31-35)14-33-10-11-34(16-25(33)36)26(37)21-13-20(5-6-22(21)27)32-8-2-3-9-32/h2-9,12-13,15,17H,10-11,14,16H2,1H3/t17-/m0/s1. The van der Waals surface area contributed by atoms with Gasteiger partial charge in [-0.05, 0) is 86.8 Å². The van der Waals surface area contributed by atoms with E-state index >= 15 is 0 Å². The van der Waals surface area contributed by atoms with Crippen LogP contribution in [-0.4, -0.2) is 60.8 Å². The second-order valence-electron chi connectivity index (χ2n) is 8.84. The number of rotatable bonds is 6. The zero-order valence-electron chi connectivity index (χ0n) is 19.9. The molecule has 0 spiro atoms. The molecule has 0 unspecified atom stereocenters. The quantitative estimate of drug-likeness (QED) is 0.306. The van der Waals surface area contributed by atoms with Gasteiger partial charge in [0.15, 0.2) is 0 Å². The summed E-state index contributed by atoms with van der Waals surface area (Å²) < 4.78 is 18.3. The van der Waals surface area contributed by atoms with Gasteiger partial charge in [-0.3, -0.25) is 9.59 Å². The largest absolute Gasteiger partial charge is 0.333 e. The van der Waals surface area contributed by atoms with Crippen molar-refractivity contribution < 1.29 is 14.0 Å². The van der Waals surface area contributed by atoms with E-state index in [1.165, 1.54) is 6.07 Å². The van der Waals surface area contributed by atoms with Crippen molar-refractivity contribution in [3.05, 3.63) is 98.7 Å². The molecule has 5 rings (SSSR count). The Morgan fingerprint density at radius 3 is 2.59 bits per heavy atom. The molecule has 4 aromatic rings. The topological polar surface area (TPSA) is 76.3 Å². The molecule has 1 fully saturated rings. The third-order valence-electron chi connectivity index (χ3n) is 6.42. The third-order valence-corrected chi connectivity index (χ3v) is 7.72. The summed E-state index contributed by atoms with van der Waals surface area (Å²) in [5, 5.41) is 8.43. The zero-order chi connectivity index (χ0) is 26.1. The summed E-state index contributed by atoms with van der Waals surface area (Å²) >= 11 is 6.69. The number of hydrogen-bond acceptors (Lipinski definition) is 4. The number of piperazine rings is 1. The monoisotopic (exact) mass is 628 g/mol. The Balaban J connectivity index is 1.23. The summed E-state index contributed by atoms with van der Waals surface area (Å²) in [6, 6.07) is 14.1. The Kier molecular flexibility index (Phi) is 7.25. The summed E-state index contributed by atoms with van der Waals surface area (Å²) in [6.45, 7) is 3.05. The fourth-order valence-electron chi connectivity index (χ4n) is 4.26. The first-order chi connectivity index (χ1) is 17.8. The maximum atomic E-state index is 13.6. The normalized spacial score (nSPS) is 14.8. The van der Waals surface area contributed by atoms with E-state index in [0.717, 1.165) is 11.3 Å². The smallest absolute Gasteiger partial charge is 0.255 e. The van der Waals surface area contributed by atoms with E-state index in [-0.39, 0.29) is 30.2 Å². The molecule has 0 aliphatic carbocycles. The second-order valence-corrected chi connectivity index (χ2v) is 10.5. The van der Waals surface area contributed by atoms with Crippen molar-refractivity contribution in [2.24, 2.45) is 0 Å². The van der Waals surface area contributed by atoms with Crippen molar-refractivity contribution in [2.45, 2.75) is 19.5 Å². The van der Waals surface area contributed by atoms with Crippen LogP contribution in [-0.2, 0) is 11.3 Å². The minimum atomic E-state index is -0.327. The van der Waals surface area contributed by atoms with E-state index in [1.807, 2.05) is 54.2 Å². The van der Waals surface area contributed by atoms with E-state index in [0.29, 0.717) is 39.8 Å². The van der Waals surface area contributed by atoms with Gasteiger partial charge >= 0.3 is 0 Å². The highest BCUT2D eigenvalue weighted by Gasteiger charge is 2.29. The van der Waals surface area contributed by atoms with E-state index in [4.69, 9.17) is 0 Å². The minimum Gasteiger partial charge on any atom is -0.333 e. The molecule has 8 nitrogen and oxygen atoms in total. The van der Waals surface area contributed by atoms with Crippen LogP contribution in [0.25, 0.3) is 5.69 Å². The Labute approximate surface area is 229 Å². The van der Waals surface area contributed by atoms with Gasteiger partial charge in [-0.2, -0.15) is 0 Å². The number of benzene rings is 2. The molecule has 0 bridgehead atoms. The van der Waals surface area contributed by atoms with Crippen LogP contribution < -0.4 is 0 Å². The van der Waals surface area contributed by atoms with Crippen molar-refractivity contribution in [1.82, 2.24) is 29.4 Å². The molecule has 3 heterocycles. The molecule has 37 heavy (non-hydrogen) atoms. The van der Waals surface area contributed by atoms with Gasteiger partial charge < -0.3 is 14.4 Å². The molecule has 0 N–H and O–H groups in total. The summed E-state index contributed by atoms with van der Waals surface area (Å²) in [6.07, 6.45) is 5.61. The molecule has 1 aliphatic heterocycles. The molecular formula is C26H23Br2FN6O2. The summed E-state index contributed by atoms with van der Waals surface area (Å²) in [7, 11) is 0. The minimum absolute atomic E-state index is 0.00678. The number of amides is 2. The molecule has 2 aromatic heterocycles. The molecule has 11 heteroatoms. The Morgan fingerprint density at radius 1 is 1.08 bits per heavy atom. The van der Waals surface area contributed by atoms with Gasteiger partial charge in [0.05, 0.1) is 28.8 Å². The van der Waals surface area contributed by atoms with Crippen molar-refractivity contribution in [1.29, 1.82) is 0 Å². The second kappa shape index (κ2) is 10.6. The van der Waals surface area contributed by atoms with Crippen molar-refractivity contribution in [3.63, 3.8) is 0 Å². The number of nitrogens with zero attached hydrogens (tertiary/aromatic N) is 6. The van der Waals surface area contributed by atoms with Crippen LogP contribution in [0.1, 0.15) is 34.6 Å². The average Bonchev–Trinajstić information content (AvgIpc) is 3.59. The molecule has 1 saturated heterocycles. The lowest BCUT2D eigenvalue weighted by molar-refractivity contribution is -0.135. The summed E-state index contributed by atoms with van der Waals surface area (Å²) in [5.74, 6) is -0.672. The average molecular weight is 630 g/mol. The third kappa shape index (κ3) is 5.37. The lowest BCUT2D eigenvalue weighted by Crippen LogP contribution is -2.51. The van der Waals surface area contributed by atoms with E-state index in [1.54, 1.807) is 32.8 Å². The summed E-state index contributed by atoms with van der Waals surface area (Å²) in [4.78, 5) is 29.5. The van der Waals surface area contributed by atoms with Crippen molar-refractivity contribution in [2.75, 3.05) is 19.6 Å². The first-order valence-corrected chi connectivity index (χ1v) is 13.2. The SMILES string of the molecule is C[C@@H](c1ccc(F)c(Br)c1)n1cc(CN2CCN(C(=O)c3cc(-n4cccc4)ccc3Br)CC2=O)nn1. The Morgan fingerprint density at radius 2 is 1.86 bits per heavy atom. The van der Waals surface area contributed by atoms with Gasteiger partial charge in [0.25, 0.3) is 5.91 Å². The number of hydrogen-bond donors (Lipinski definition) is 0. The van der Waals surface area contributed by atoms with E-state index in [9.17, 15) is 14.0 Å². The van der Waals surface area contributed by atoms with Gasteiger partial charge in [0.1, 0.15) is 18.1 Å². The van der Waals surface area contributed by atoms with Crippen molar-refractivity contribution in [3.8, 4) is 5.69 Å². The first kappa shape index (κ1) is 25.3. The lowest BCUT2D eigenvalue weighted by Gasteiger charge is -2.34. The molecule has 2 aromatic carbocycles. The molecule has 1 atom stereocenters. The summed E-state index contributed by atoms with van der Waals surface area (Å²) in [5.41, 5.74) is 2.90. The highest BCUT2D eigenvalue weighted by Crippen LogP contribution is 2.25. The predicted molar refractivity (Wildman–Crippen MR) is 143 cm³/mol. The Bertz CT molecular complexity index is 1460. The number of halogens is 3. The van der Waals surface area contributed by atoms with Crippen molar-refractivity contribution >= 4 is 43.7 Å². The van der Waals surface area contributed by atoms with Crippen LogP contribution in [0.3, 0.4) is 0 Å². The van der Waals surface area contributed by atoms with Gasteiger partial charge in [-0.15, -0.1) is 5.10 Å². The van der Waals surface area contributed by atoms with Crippen LogP contribution in [0.15, 0.2) is 76.1 Å². The Hall–Kier alpha value is -3.31. The fourth-order valence-corrected chi connectivity index (χ4v) is 5.07. The first-order valence-electron chi connectivity index (χ1n) is 11.7. The van der Waals surface area contributed by atoms with Gasteiger partial charge in [-0.1, -0.05) is 11.3 Å². The highest BCUT2D eigenvalue weighted by molar-refractivity contribution is 9.10. The van der Waals surface area contributed by atoms with Crippen LogP contribution in [0, 0.1) is 5.82 Å². The fraction of sp³-hybridized carbons (Fsp3) is 0.231. The predicted octanol–water partition coefficient (Wildman–Crippen LogP) is 4.83. The maximum absolute atomic E-state index is 13.6. The molecule has 0 saturated carbocycles. The molecule has 1 aliphatic rings. The molecular weight excluding hydrogens is 607 g/mol. The molecule has 0 radical (unpaired) electrons. The lowest BCUT2D eigenvalue weighted by atomic mass is 10.1. The van der Waals surface area contributed by atoms with E-state index < -0.39 is 0 Å². The van der Waals surface area contributed by atoms with Crippen LogP contribution >= 0.6 is 31.9 Å². The molecule has 2 amide bonds. The van der Waals surface area contributed by atoms with Gasteiger partial charge in [0, 0.05) is 35.6 Å². The number of aromatic nitrogens is 4. The van der Waals surface area contributed by atoms with Crippen LogP contribution in [0.2, 0.25) is 0 Å².